The van der Waals surface area contributed by atoms with E-state index in [1.165, 1.54) is 89.9 Å². The molecule has 0 radical (unpaired) electrons. The zero-order valence-corrected chi connectivity index (χ0v) is 28.8. The number of halogens is 4. The maximum absolute atomic E-state index is 6.37. The van der Waals surface area contributed by atoms with Crippen molar-refractivity contribution in [3.05, 3.63) is 46.4 Å². The average Bonchev–Trinajstić information content (AvgIpc) is 2.93. The first-order valence-electron chi connectivity index (χ1n) is 14.8. The Labute approximate surface area is 268 Å². The van der Waals surface area contributed by atoms with E-state index in [9.17, 15) is 0 Å². The van der Waals surface area contributed by atoms with E-state index in [0.717, 1.165) is 44.8 Å². The smallest absolute Gasteiger partial charge is 0.133 e. The van der Waals surface area contributed by atoms with E-state index in [4.69, 9.17) is 32.7 Å². The van der Waals surface area contributed by atoms with E-state index >= 15 is 0 Å². The van der Waals surface area contributed by atoms with Crippen LogP contribution in [0.3, 0.4) is 0 Å². The maximum atomic E-state index is 6.37. The zero-order chi connectivity index (χ0) is 28.0. The summed E-state index contributed by atoms with van der Waals surface area (Å²) < 4.78 is 12.4. The molecular weight excluding hydrogens is 679 g/mol. The van der Waals surface area contributed by atoms with Crippen molar-refractivity contribution < 1.29 is 9.47 Å². The van der Waals surface area contributed by atoms with Gasteiger partial charge in [-0.2, -0.15) is 0 Å². The van der Waals surface area contributed by atoms with Gasteiger partial charge in [0.1, 0.15) is 11.5 Å². The highest BCUT2D eigenvalue weighted by atomic mass is 79.9. The third-order valence-corrected chi connectivity index (χ3v) is 9.27. The lowest BCUT2D eigenvalue weighted by Gasteiger charge is -2.15. The van der Waals surface area contributed by atoms with Crippen LogP contribution < -0.4 is 9.47 Å². The highest BCUT2D eigenvalue weighted by Crippen LogP contribution is 2.42. The summed E-state index contributed by atoms with van der Waals surface area (Å²) in [6, 6.07) is 11.7. The summed E-state index contributed by atoms with van der Waals surface area (Å²) in [4.78, 5) is 1.97. The second-order valence-corrected chi connectivity index (χ2v) is 13.6. The molecule has 2 aromatic rings. The predicted octanol–water partition coefficient (Wildman–Crippen LogP) is 12.9. The topological polar surface area (TPSA) is 18.5 Å². The molecule has 0 atom stereocenters. The first-order valence-corrected chi connectivity index (χ1v) is 18.6. The Morgan fingerprint density at radius 3 is 1.18 bits per heavy atom. The number of rotatable bonds is 24. The van der Waals surface area contributed by atoms with Crippen molar-refractivity contribution in [3.8, 4) is 11.5 Å². The van der Waals surface area contributed by atoms with Gasteiger partial charge in [-0.05, 0) is 62.1 Å². The summed E-state index contributed by atoms with van der Waals surface area (Å²) in [5.74, 6) is 1.72. The minimum absolute atomic E-state index is 0.696. The molecule has 0 aliphatic carbocycles. The summed E-state index contributed by atoms with van der Waals surface area (Å²) in [5.41, 5.74) is 0. The van der Waals surface area contributed by atoms with Crippen molar-refractivity contribution >= 4 is 66.8 Å². The minimum Gasteiger partial charge on any atom is -0.492 e. The molecule has 0 fully saturated rings. The lowest BCUT2D eigenvalue weighted by Crippen LogP contribution is -2.00. The molecule has 220 valence electrons. The number of alkyl halides is 2. The summed E-state index contributed by atoms with van der Waals surface area (Å²) in [6.07, 6.45) is 20.4. The van der Waals surface area contributed by atoms with Gasteiger partial charge in [-0.1, -0.05) is 144 Å². The Morgan fingerprint density at radius 2 is 0.821 bits per heavy atom. The molecule has 0 aliphatic rings. The first-order chi connectivity index (χ1) is 19.1. The van der Waals surface area contributed by atoms with E-state index in [1.54, 1.807) is 11.8 Å². The highest BCUT2D eigenvalue weighted by molar-refractivity contribution is 9.09. The number of hydrogen-bond acceptors (Lipinski definition) is 3. The van der Waals surface area contributed by atoms with Crippen LogP contribution in [-0.4, -0.2) is 23.9 Å². The van der Waals surface area contributed by atoms with Crippen LogP contribution in [0.5, 0.6) is 11.5 Å². The molecule has 0 N–H and O–H groups in total. The number of hydrogen-bond donors (Lipinski definition) is 0. The number of unbranched alkanes of at least 4 members (excludes halogenated alkanes) is 14. The second kappa shape index (κ2) is 23.5. The van der Waals surface area contributed by atoms with Gasteiger partial charge in [0.25, 0.3) is 0 Å². The third kappa shape index (κ3) is 16.8. The standard InChI is InChI=1S/C32H46Br2Cl2O2S/c33-21-13-9-5-1-3-7-11-15-23-37-29-19-17-27(35)25-31(29)39-32-26-28(36)18-20-30(32)38-24-16-12-8-4-2-6-10-14-22-34/h17-20,25-26H,1-16,21-24H2. The number of benzene rings is 2. The molecule has 0 spiro atoms. The molecular formula is C32H46Br2Cl2O2S. The molecule has 0 aliphatic heterocycles. The summed E-state index contributed by atoms with van der Waals surface area (Å²) in [5, 5.41) is 3.64. The van der Waals surface area contributed by atoms with Crippen molar-refractivity contribution in [1.82, 2.24) is 0 Å². The van der Waals surface area contributed by atoms with Gasteiger partial charge < -0.3 is 9.47 Å². The van der Waals surface area contributed by atoms with E-state index in [1.807, 2.05) is 36.4 Å². The van der Waals surface area contributed by atoms with Crippen LogP contribution in [0.1, 0.15) is 103 Å². The fourth-order valence-electron chi connectivity index (χ4n) is 4.36. The van der Waals surface area contributed by atoms with Crippen LogP contribution >= 0.6 is 66.8 Å². The molecule has 2 nitrogen and oxygen atoms in total. The normalized spacial score (nSPS) is 11.2. The monoisotopic (exact) mass is 722 g/mol. The van der Waals surface area contributed by atoms with Crippen LogP contribution in [0.15, 0.2) is 46.2 Å². The Bertz CT molecular complexity index is 829. The van der Waals surface area contributed by atoms with Crippen LogP contribution in [0.2, 0.25) is 10.0 Å². The molecule has 2 aromatic carbocycles. The largest absolute Gasteiger partial charge is 0.492 e. The van der Waals surface area contributed by atoms with Gasteiger partial charge in [0, 0.05) is 20.7 Å². The molecule has 2 rings (SSSR count). The van der Waals surface area contributed by atoms with E-state index in [2.05, 4.69) is 31.9 Å². The molecule has 0 heterocycles. The number of ether oxygens (including phenoxy) is 2. The van der Waals surface area contributed by atoms with Crippen LogP contribution in [0, 0.1) is 0 Å². The molecule has 0 bridgehead atoms. The summed E-state index contributed by atoms with van der Waals surface area (Å²) in [7, 11) is 0. The van der Waals surface area contributed by atoms with Gasteiger partial charge in [0.05, 0.1) is 23.0 Å². The molecule has 0 saturated heterocycles. The molecule has 0 aromatic heterocycles. The van der Waals surface area contributed by atoms with Gasteiger partial charge in [-0.3, -0.25) is 0 Å². The lowest BCUT2D eigenvalue weighted by atomic mass is 10.1. The second-order valence-electron chi connectivity index (χ2n) is 10.0. The quantitative estimate of drug-likeness (QED) is 0.0793. The van der Waals surface area contributed by atoms with Gasteiger partial charge >= 0.3 is 0 Å². The van der Waals surface area contributed by atoms with Crippen LogP contribution in [0.4, 0.5) is 0 Å². The Balaban J connectivity index is 1.78. The molecule has 0 saturated carbocycles. The Kier molecular flexibility index (Phi) is 21.2. The maximum Gasteiger partial charge on any atom is 0.133 e. The molecule has 7 heteroatoms. The van der Waals surface area contributed by atoms with Crippen molar-refractivity contribution in [3.63, 3.8) is 0 Å². The predicted molar refractivity (Wildman–Crippen MR) is 179 cm³/mol. The molecule has 39 heavy (non-hydrogen) atoms. The third-order valence-electron chi connectivity index (χ3n) is 6.60. The van der Waals surface area contributed by atoms with E-state index < -0.39 is 0 Å². The van der Waals surface area contributed by atoms with Gasteiger partial charge in [0.15, 0.2) is 0 Å². The summed E-state index contributed by atoms with van der Waals surface area (Å²) >= 11 is 21.3. The molecule has 0 amide bonds. The Hall–Kier alpha value is -0.0700. The molecule has 0 unspecified atom stereocenters. The van der Waals surface area contributed by atoms with E-state index in [0.29, 0.717) is 23.3 Å². The van der Waals surface area contributed by atoms with E-state index in [-0.39, 0.29) is 0 Å². The van der Waals surface area contributed by atoms with Crippen molar-refractivity contribution in [2.24, 2.45) is 0 Å². The zero-order valence-electron chi connectivity index (χ0n) is 23.3. The SMILES string of the molecule is Clc1ccc(OCCCCCCCCCCBr)c(Sc2cc(Cl)ccc2OCCCCCCCCCCBr)c1. The fourth-order valence-corrected chi connectivity index (χ4v) is 6.69. The van der Waals surface area contributed by atoms with Crippen molar-refractivity contribution in [2.45, 2.75) is 113 Å². The van der Waals surface area contributed by atoms with Crippen LogP contribution in [-0.2, 0) is 0 Å². The van der Waals surface area contributed by atoms with Gasteiger partial charge in [-0.25, -0.2) is 0 Å². The highest BCUT2D eigenvalue weighted by Gasteiger charge is 2.12. The van der Waals surface area contributed by atoms with Crippen molar-refractivity contribution in [2.75, 3.05) is 23.9 Å². The fraction of sp³-hybridized carbons (Fsp3) is 0.625. The lowest BCUT2D eigenvalue weighted by molar-refractivity contribution is 0.296. The Morgan fingerprint density at radius 1 is 0.487 bits per heavy atom. The first kappa shape index (κ1) is 35.1. The van der Waals surface area contributed by atoms with Crippen LogP contribution in [0.25, 0.3) is 0 Å². The van der Waals surface area contributed by atoms with Gasteiger partial charge in [0.2, 0.25) is 0 Å². The summed E-state index contributed by atoms with van der Waals surface area (Å²) in [6.45, 7) is 1.43. The van der Waals surface area contributed by atoms with Crippen molar-refractivity contribution in [1.29, 1.82) is 0 Å². The minimum atomic E-state index is 0.696. The van der Waals surface area contributed by atoms with Gasteiger partial charge in [-0.15, -0.1) is 0 Å². The average molecular weight is 725 g/mol.